The zero-order chi connectivity index (χ0) is 18.8. The molecule has 0 aliphatic carbocycles. The fraction of sp³-hybridized carbons (Fsp3) is 0.0556. The van der Waals surface area contributed by atoms with E-state index >= 15 is 0 Å². The van der Waals surface area contributed by atoms with E-state index in [0.29, 0.717) is 16.0 Å². The highest BCUT2D eigenvalue weighted by Gasteiger charge is 2.19. The van der Waals surface area contributed by atoms with Crippen LogP contribution in [0.25, 0.3) is 17.1 Å². The third kappa shape index (κ3) is 3.71. The van der Waals surface area contributed by atoms with Crippen LogP contribution in [0.1, 0.15) is 15.6 Å². The molecule has 134 valence electrons. The third-order valence-electron chi connectivity index (χ3n) is 3.66. The highest BCUT2D eigenvalue weighted by atomic mass is 35.5. The topological polar surface area (TPSA) is 85.6 Å². The van der Waals surface area contributed by atoms with Crippen LogP contribution in [0.3, 0.4) is 0 Å². The summed E-state index contributed by atoms with van der Waals surface area (Å²) in [5.41, 5.74) is 1.59. The molecule has 0 fully saturated rings. The summed E-state index contributed by atoms with van der Waals surface area (Å²) < 4.78 is 1.62. The summed E-state index contributed by atoms with van der Waals surface area (Å²) in [6.45, 7) is 1.81. The minimum atomic E-state index is -0.448. The molecule has 27 heavy (non-hydrogen) atoms. The molecule has 0 saturated heterocycles. The maximum atomic E-state index is 12.6. The van der Waals surface area contributed by atoms with Crippen LogP contribution in [0, 0.1) is 6.92 Å². The molecular weight excluding hydrogens is 384 g/mol. The molecule has 0 saturated carbocycles. The number of halogens is 1. The second-order valence-electron chi connectivity index (χ2n) is 5.59. The molecule has 2 aromatic carbocycles. The van der Waals surface area contributed by atoms with Crippen LogP contribution in [0.2, 0.25) is 5.02 Å². The van der Waals surface area contributed by atoms with Gasteiger partial charge in [-0.25, -0.2) is 9.67 Å². The van der Waals surface area contributed by atoms with Crippen LogP contribution < -0.4 is 5.32 Å². The molecule has 0 bridgehead atoms. The van der Waals surface area contributed by atoms with Gasteiger partial charge in [0.05, 0.1) is 5.69 Å². The molecule has 0 unspecified atom stereocenters. The molecule has 9 heteroatoms. The van der Waals surface area contributed by atoms with Crippen molar-refractivity contribution in [2.45, 2.75) is 6.92 Å². The third-order valence-corrected chi connectivity index (χ3v) is 4.67. The Kier molecular flexibility index (Phi) is 4.66. The Balaban J connectivity index is 1.75. The van der Waals surface area contributed by atoms with Crippen LogP contribution in [0.5, 0.6) is 0 Å². The summed E-state index contributed by atoms with van der Waals surface area (Å²) in [7, 11) is 0. The van der Waals surface area contributed by atoms with Gasteiger partial charge in [0.1, 0.15) is 5.01 Å². The highest BCUT2D eigenvalue weighted by Crippen LogP contribution is 2.23. The van der Waals surface area contributed by atoms with E-state index in [2.05, 4.69) is 25.6 Å². The van der Waals surface area contributed by atoms with Crippen molar-refractivity contribution in [2.75, 3.05) is 5.32 Å². The zero-order valence-corrected chi connectivity index (χ0v) is 15.7. The summed E-state index contributed by atoms with van der Waals surface area (Å²) in [6, 6.07) is 16.7. The number of nitrogens with one attached hydrogen (secondary N) is 1. The Labute approximate surface area is 163 Å². The molecule has 2 heterocycles. The summed E-state index contributed by atoms with van der Waals surface area (Å²) in [4.78, 5) is 17.0. The summed E-state index contributed by atoms with van der Waals surface area (Å²) in [5, 5.41) is 16.6. The van der Waals surface area contributed by atoms with Crippen molar-refractivity contribution in [3.63, 3.8) is 0 Å². The van der Waals surface area contributed by atoms with Crippen LogP contribution in [0.4, 0.5) is 5.13 Å². The Morgan fingerprint density at radius 3 is 2.48 bits per heavy atom. The van der Waals surface area contributed by atoms with Crippen LogP contribution in [-0.2, 0) is 0 Å². The molecule has 0 radical (unpaired) electrons. The summed E-state index contributed by atoms with van der Waals surface area (Å²) in [5.74, 6) is 0.143. The van der Waals surface area contributed by atoms with Gasteiger partial charge in [0, 0.05) is 10.6 Å². The van der Waals surface area contributed by atoms with Crippen molar-refractivity contribution >= 4 is 34.0 Å². The second kappa shape index (κ2) is 7.26. The number of rotatable bonds is 4. The number of carbonyl (C=O) groups is 1. The van der Waals surface area contributed by atoms with Crippen molar-refractivity contribution in [3.05, 3.63) is 70.5 Å². The maximum Gasteiger partial charge on any atom is 0.297 e. The van der Waals surface area contributed by atoms with Gasteiger partial charge < -0.3 is 0 Å². The average Bonchev–Trinajstić information content (AvgIpc) is 3.30. The number of aryl methyl sites for hydroxylation is 1. The zero-order valence-electron chi connectivity index (χ0n) is 14.1. The summed E-state index contributed by atoms with van der Waals surface area (Å²) >= 11 is 7.27. The smallest absolute Gasteiger partial charge is 0.294 e. The van der Waals surface area contributed by atoms with Gasteiger partial charge in [-0.05, 0) is 31.2 Å². The quantitative estimate of drug-likeness (QED) is 0.563. The van der Waals surface area contributed by atoms with Crippen molar-refractivity contribution < 1.29 is 4.79 Å². The van der Waals surface area contributed by atoms with Gasteiger partial charge in [-0.3, -0.25) is 10.1 Å². The minimum absolute atomic E-state index is 0.0386. The molecule has 4 aromatic rings. The van der Waals surface area contributed by atoms with Crippen LogP contribution in [-0.4, -0.2) is 30.9 Å². The predicted octanol–water partition coefficient (Wildman–Crippen LogP) is 4.00. The first-order chi connectivity index (χ1) is 13.1. The molecular formula is C18H13ClN6OS. The molecule has 2 aromatic heterocycles. The van der Waals surface area contributed by atoms with Gasteiger partial charge in [-0.1, -0.05) is 53.3 Å². The van der Waals surface area contributed by atoms with Crippen LogP contribution >= 0.6 is 22.9 Å². The van der Waals surface area contributed by atoms with E-state index in [1.165, 1.54) is 11.3 Å². The van der Waals surface area contributed by atoms with E-state index in [9.17, 15) is 4.79 Å². The molecule has 0 spiro atoms. The maximum absolute atomic E-state index is 12.6. The lowest BCUT2D eigenvalue weighted by Gasteiger charge is -2.05. The number of benzene rings is 2. The number of anilines is 1. The van der Waals surface area contributed by atoms with Crippen molar-refractivity contribution in [1.82, 2.24) is 25.0 Å². The van der Waals surface area contributed by atoms with E-state index < -0.39 is 5.91 Å². The number of aromatic nitrogens is 5. The molecule has 0 aliphatic rings. The van der Waals surface area contributed by atoms with Gasteiger partial charge in [0.2, 0.25) is 11.0 Å². The van der Waals surface area contributed by atoms with Gasteiger partial charge >= 0.3 is 0 Å². The van der Waals surface area contributed by atoms with Crippen LogP contribution in [0.15, 0.2) is 54.6 Å². The SMILES string of the molecule is Cc1nnc(NC(=O)c2nc(-c3ccccc3)n(-c3ccc(Cl)cc3)n2)s1. The molecule has 0 aliphatic heterocycles. The van der Waals surface area contributed by atoms with Crippen molar-refractivity contribution in [3.8, 4) is 17.1 Å². The fourth-order valence-corrected chi connectivity index (χ4v) is 3.16. The molecule has 1 N–H and O–H groups in total. The van der Waals surface area contributed by atoms with Crippen molar-refractivity contribution in [1.29, 1.82) is 0 Å². The number of carbonyl (C=O) groups excluding carboxylic acids is 1. The Morgan fingerprint density at radius 1 is 1.07 bits per heavy atom. The molecule has 4 rings (SSSR count). The monoisotopic (exact) mass is 396 g/mol. The lowest BCUT2D eigenvalue weighted by molar-refractivity contribution is 0.101. The van der Waals surface area contributed by atoms with E-state index in [1.807, 2.05) is 49.4 Å². The van der Waals surface area contributed by atoms with Gasteiger partial charge in [0.25, 0.3) is 5.91 Å². The number of amides is 1. The standard InChI is InChI=1S/C18H13ClN6OS/c1-11-22-23-18(27-11)21-17(26)15-20-16(12-5-3-2-4-6-12)25(24-15)14-9-7-13(19)8-10-14/h2-10H,1H3,(H,21,23,26). The number of nitrogens with zero attached hydrogens (tertiary/aromatic N) is 5. The summed E-state index contributed by atoms with van der Waals surface area (Å²) in [6.07, 6.45) is 0. The predicted molar refractivity (Wildman–Crippen MR) is 104 cm³/mol. The van der Waals surface area contributed by atoms with Gasteiger partial charge in [-0.2, -0.15) is 0 Å². The average molecular weight is 397 g/mol. The lowest BCUT2D eigenvalue weighted by Crippen LogP contribution is -2.14. The molecule has 1 amide bonds. The van der Waals surface area contributed by atoms with E-state index in [4.69, 9.17) is 11.6 Å². The first kappa shape index (κ1) is 17.3. The normalized spacial score (nSPS) is 10.7. The Bertz CT molecular complexity index is 1090. The van der Waals surface area contributed by atoms with E-state index in [1.54, 1.807) is 16.8 Å². The highest BCUT2D eigenvalue weighted by molar-refractivity contribution is 7.15. The first-order valence-electron chi connectivity index (χ1n) is 8.00. The largest absolute Gasteiger partial charge is 0.297 e. The Hall–Kier alpha value is -3.10. The second-order valence-corrected chi connectivity index (χ2v) is 7.21. The number of hydrogen-bond donors (Lipinski definition) is 1. The minimum Gasteiger partial charge on any atom is -0.294 e. The number of hydrogen-bond acceptors (Lipinski definition) is 6. The fourth-order valence-electron chi connectivity index (χ4n) is 2.44. The first-order valence-corrected chi connectivity index (χ1v) is 9.19. The van der Waals surface area contributed by atoms with E-state index in [-0.39, 0.29) is 5.82 Å². The molecule has 0 atom stereocenters. The van der Waals surface area contributed by atoms with E-state index in [0.717, 1.165) is 16.3 Å². The lowest BCUT2D eigenvalue weighted by atomic mass is 10.2. The molecule has 7 nitrogen and oxygen atoms in total. The van der Waals surface area contributed by atoms with Gasteiger partial charge in [-0.15, -0.1) is 15.3 Å². The van der Waals surface area contributed by atoms with Gasteiger partial charge in [0.15, 0.2) is 5.82 Å². The Morgan fingerprint density at radius 2 is 1.81 bits per heavy atom. The van der Waals surface area contributed by atoms with Crippen molar-refractivity contribution in [2.24, 2.45) is 0 Å².